The second-order valence-corrected chi connectivity index (χ2v) is 21.3. The van der Waals surface area contributed by atoms with E-state index in [0.717, 1.165) is 128 Å². The topological polar surface area (TPSA) is 111 Å². The monoisotopic (exact) mass is 1120 g/mol. The van der Waals surface area contributed by atoms with Gasteiger partial charge >= 0.3 is 11.9 Å². The number of phosphoric acid groups is 1. The predicted molar refractivity (Wildman–Crippen MR) is 341 cm³/mol. The molecule has 0 aliphatic carbocycles. The summed E-state index contributed by atoms with van der Waals surface area (Å²) in [5.74, 6) is -1.03. The maximum Gasteiger partial charge on any atom is 0.309 e. The Hall–Kier alpha value is -5.41. The zero-order chi connectivity index (χ0) is 58.4. The van der Waals surface area contributed by atoms with Crippen LogP contribution in [0.15, 0.2) is 207 Å². The lowest BCUT2D eigenvalue weighted by Crippen LogP contribution is -2.37. The smallest absolute Gasteiger partial charge is 0.309 e. The van der Waals surface area contributed by atoms with Crippen LogP contribution < -0.4 is 4.89 Å². The quantitative estimate of drug-likeness (QED) is 0.0195. The van der Waals surface area contributed by atoms with Crippen molar-refractivity contribution in [1.82, 2.24) is 0 Å². The molecule has 10 heteroatoms. The maximum atomic E-state index is 12.8. The number of rotatable bonds is 51. The van der Waals surface area contributed by atoms with Gasteiger partial charge in [0.2, 0.25) is 0 Å². The summed E-state index contributed by atoms with van der Waals surface area (Å²) in [5, 5.41) is 0. The molecule has 0 heterocycles. The fourth-order valence-electron chi connectivity index (χ4n) is 6.83. The number of quaternary nitrogens is 1. The highest BCUT2D eigenvalue weighted by atomic mass is 31.2. The van der Waals surface area contributed by atoms with Gasteiger partial charge in [0.05, 0.1) is 34.2 Å². The zero-order valence-electron chi connectivity index (χ0n) is 50.2. The van der Waals surface area contributed by atoms with Crippen molar-refractivity contribution in [3.8, 4) is 0 Å². The van der Waals surface area contributed by atoms with Crippen LogP contribution in [0, 0.1) is 0 Å². The number of phosphoric ester groups is 1. The van der Waals surface area contributed by atoms with Gasteiger partial charge in [0.25, 0.3) is 7.82 Å². The molecular weight excluding hydrogens is 1010 g/mol. The first kappa shape index (κ1) is 74.6. The molecule has 2 atom stereocenters. The van der Waals surface area contributed by atoms with Crippen molar-refractivity contribution >= 4 is 19.8 Å². The Balaban J connectivity index is 4.27. The second kappa shape index (κ2) is 58.3. The molecule has 9 nitrogen and oxygen atoms in total. The number of hydrogen-bond acceptors (Lipinski definition) is 8. The first-order valence-electron chi connectivity index (χ1n) is 29.8. The van der Waals surface area contributed by atoms with E-state index in [1.165, 1.54) is 0 Å². The third kappa shape index (κ3) is 61.8. The third-order valence-corrected chi connectivity index (χ3v) is 12.3. The van der Waals surface area contributed by atoms with Gasteiger partial charge in [0.1, 0.15) is 19.8 Å². The first-order valence-corrected chi connectivity index (χ1v) is 31.3. The standard InChI is InChI=1S/C70H106NO8P/c1-6-8-10-12-14-16-18-20-22-23-24-25-26-27-28-29-30-31-32-33-34-35-36-37-38-39-40-41-42-43-44-45-46-47-49-51-53-55-57-59-61-63-70(73)79-68(67-78-80(74,75)77-65-64-71(3,4)5)66-76-69(72)62-60-58-56-54-52-50-48-21-19-17-15-13-11-9-7-2/h8-11,14-17,20-22,24-25,27-28,30-31,33-34,36-37,39-40,42-43,45-46,48-49,51-52,54,58,60,68H,6-7,12-13,18-19,23,26,29,32,35,38,41,44,47,50,53,55-57,59,61-67H2,1-5H3/b10-8-,11-9-,16-14-,17-15-,22-20-,25-24-,28-27-,31-30-,34-33-,37-36-,40-39-,43-42-,46-45-,48-21-,51-49-,54-52-,60-58-. The van der Waals surface area contributed by atoms with E-state index in [1.54, 1.807) is 6.08 Å². The maximum absolute atomic E-state index is 12.8. The number of carbonyl (C=O) groups excluding carboxylic acids is 2. The van der Waals surface area contributed by atoms with Crippen molar-refractivity contribution in [3.63, 3.8) is 0 Å². The van der Waals surface area contributed by atoms with Crippen LogP contribution in [0.2, 0.25) is 0 Å². The molecule has 0 fully saturated rings. The summed E-state index contributed by atoms with van der Waals surface area (Å²) >= 11 is 0. The Morgan fingerprint density at radius 1 is 0.400 bits per heavy atom. The van der Waals surface area contributed by atoms with Gasteiger partial charge in [0.15, 0.2) is 6.10 Å². The van der Waals surface area contributed by atoms with Crippen LogP contribution in [0.3, 0.4) is 0 Å². The van der Waals surface area contributed by atoms with E-state index in [1.807, 2.05) is 33.3 Å². The predicted octanol–water partition coefficient (Wildman–Crippen LogP) is 18.5. The number of esters is 2. The Labute approximate surface area is 487 Å². The minimum Gasteiger partial charge on any atom is -0.756 e. The minimum absolute atomic E-state index is 0.0259. The summed E-state index contributed by atoms with van der Waals surface area (Å²) in [6.07, 6.45) is 93.5. The Bertz CT molecular complexity index is 2100. The Kier molecular flexibility index (Phi) is 54.3. The van der Waals surface area contributed by atoms with Crippen molar-refractivity contribution in [2.24, 2.45) is 0 Å². The number of nitrogens with zero attached hydrogens (tertiary/aromatic N) is 1. The highest BCUT2D eigenvalue weighted by Crippen LogP contribution is 2.38. The molecule has 0 rings (SSSR count). The molecule has 2 unspecified atom stereocenters. The first-order chi connectivity index (χ1) is 39.0. The summed E-state index contributed by atoms with van der Waals surface area (Å²) in [7, 11) is 1.07. The highest BCUT2D eigenvalue weighted by Gasteiger charge is 2.21. The lowest BCUT2D eigenvalue weighted by atomic mass is 10.1. The van der Waals surface area contributed by atoms with Gasteiger partial charge in [-0.1, -0.05) is 233 Å². The Morgan fingerprint density at radius 3 is 1.05 bits per heavy atom. The number of allylic oxidation sites excluding steroid dienone is 33. The summed E-state index contributed by atoms with van der Waals surface area (Å²) in [4.78, 5) is 37.7. The van der Waals surface area contributed by atoms with Gasteiger partial charge in [-0.3, -0.25) is 14.2 Å². The van der Waals surface area contributed by atoms with Crippen molar-refractivity contribution in [2.45, 2.75) is 174 Å². The molecule has 0 bridgehead atoms. The summed E-state index contributed by atoms with van der Waals surface area (Å²) in [6, 6.07) is 0. The van der Waals surface area contributed by atoms with Gasteiger partial charge in [-0.25, -0.2) is 0 Å². The fraction of sp³-hybridized carbons (Fsp3) is 0.486. The molecule has 0 aromatic heterocycles. The minimum atomic E-state index is -4.68. The van der Waals surface area contributed by atoms with Crippen LogP contribution in [0.1, 0.15) is 168 Å². The summed E-state index contributed by atoms with van der Waals surface area (Å²) < 4.78 is 33.9. The van der Waals surface area contributed by atoms with Crippen LogP contribution in [-0.2, 0) is 32.7 Å². The molecule has 0 radical (unpaired) electrons. The van der Waals surface area contributed by atoms with Gasteiger partial charge in [-0.15, -0.1) is 0 Å². The zero-order valence-corrected chi connectivity index (χ0v) is 51.1. The average molecular weight is 1120 g/mol. The molecule has 0 aromatic carbocycles. The molecule has 0 aliphatic rings. The number of likely N-dealkylation sites (N-methyl/N-ethyl adjacent to an activating group) is 1. The molecule has 444 valence electrons. The van der Waals surface area contributed by atoms with E-state index >= 15 is 0 Å². The molecule has 0 spiro atoms. The summed E-state index contributed by atoms with van der Waals surface area (Å²) in [5.41, 5.74) is 0. The van der Waals surface area contributed by atoms with E-state index < -0.39 is 32.5 Å². The van der Waals surface area contributed by atoms with E-state index in [9.17, 15) is 19.0 Å². The van der Waals surface area contributed by atoms with Gasteiger partial charge in [0, 0.05) is 6.42 Å². The van der Waals surface area contributed by atoms with Crippen molar-refractivity contribution in [1.29, 1.82) is 0 Å². The number of ether oxygens (including phenoxy) is 2. The van der Waals surface area contributed by atoms with Gasteiger partial charge in [-0.05, 0) is 128 Å². The molecule has 0 amide bonds. The van der Waals surface area contributed by atoms with Crippen LogP contribution in [0.25, 0.3) is 0 Å². The van der Waals surface area contributed by atoms with Crippen molar-refractivity contribution in [2.75, 3.05) is 47.5 Å². The molecule has 0 saturated heterocycles. The molecule has 0 aromatic rings. The normalized spacial score (nSPS) is 14.7. The van der Waals surface area contributed by atoms with E-state index in [4.69, 9.17) is 18.5 Å². The van der Waals surface area contributed by atoms with Gasteiger partial charge < -0.3 is 27.9 Å². The van der Waals surface area contributed by atoms with E-state index in [0.29, 0.717) is 23.9 Å². The molecule has 0 aliphatic heterocycles. The Morgan fingerprint density at radius 2 is 0.713 bits per heavy atom. The number of carbonyl (C=O) groups is 2. The average Bonchev–Trinajstić information content (AvgIpc) is 3.42. The molecule has 0 saturated carbocycles. The number of unbranched alkanes of at least 4 members (excludes halogenated alkanes) is 4. The van der Waals surface area contributed by atoms with Crippen LogP contribution in [-0.4, -0.2) is 70.0 Å². The SMILES string of the molecule is CC/C=C\C/C=C\C/C=C\C/C=C\C/C=C\C/C=C\C/C=C\C/C=C\C/C=C\C/C=C\C/C=C\C/C=C\CCCCCCC(=O)OC(COC(=O)C/C=C\C/C=C\C/C=C\C/C=C\C/C=C\CC)COP(=O)([O-])OCC[N+](C)(C)C. The lowest BCUT2D eigenvalue weighted by molar-refractivity contribution is -0.870. The number of hydrogen-bond donors (Lipinski definition) is 0. The van der Waals surface area contributed by atoms with E-state index in [-0.39, 0.29) is 26.1 Å². The second-order valence-electron chi connectivity index (χ2n) is 19.9. The largest absolute Gasteiger partial charge is 0.756 e. The van der Waals surface area contributed by atoms with Crippen LogP contribution >= 0.6 is 7.82 Å². The molecule has 80 heavy (non-hydrogen) atoms. The molecular formula is C70H106NO8P. The highest BCUT2D eigenvalue weighted by molar-refractivity contribution is 7.45. The van der Waals surface area contributed by atoms with Crippen molar-refractivity contribution < 1.29 is 42.1 Å². The fourth-order valence-corrected chi connectivity index (χ4v) is 7.55. The van der Waals surface area contributed by atoms with Crippen LogP contribution in [0.4, 0.5) is 0 Å². The van der Waals surface area contributed by atoms with Crippen LogP contribution in [0.5, 0.6) is 0 Å². The lowest BCUT2D eigenvalue weighted by Gasteiger charge is -2.28. The molecule has 0 N–H and O–H groups in total. The third-order valence-electron chi connectivity index (χ3n) is 11.3. The summed E-state index contributed by atoms with van der Waals surface area (Å²) in [6.45, 7) is 3.81. The van der Waals surface area contributed by atoms with Crippen molar-refractivity contribution in [3.05, 3.63) is 207 Å². The van der Waals surface area contributed by atoms with E-state index in [2.05, 4.69) is 202 Å². The van der Waals surface area contributed by atoms with Gasteiger partial charge in [-0.2, -0.15) is 0 Å².